The predicted molar refractivity (Wildman–Crippen MR) is 155 cm³/mol. The largest absolute Gasteiger partial charge is 0.416 e. The molecule has 1 N–H and O–H groups in total. The van der Waals surface area contributed by atoms with Gasteiger partial charge in [0.1, 0.15) is 5.54 Å². The monoisotopic (exact) mass is 733 g/mol. The molecule has 1 heterocycles. The Kier molecular flexibility index (Phi) is 10.7. The number of alkyl halides is 12. The summed E-state index contributed by atoms with van der Waals surface area (Å²) in [4.78, 5) is 17.3. The summed E-state index contributed by atoms with van der Waals surface area (Å²) in [5.74, 6) is -0.647. The van der Waals surface area contributed by atoms with E-state index in [9.17, 15) is 57.5 Å². The van der Waals surface area contributed by atoms with Crippen LogP contribution in [0.4, 0.5) is 52.7 Å². The number of carbonyl (C=O) groups excluding carboxylic acids is 1. The molecule has 1 fully saturated rings. The van der Waals surface area contributed by atoms with Crippen LogP contribution >= 0.6 is 12.4 Å². The maximum absolute atomic E-state index is 13.9. The summed E-state index contributed by atoms with van der Waals surface area (Å²) in [6, 6.07) is 9.47. The first-order valence-electron chi connectivity index (χ1n) is 14.5. The number of hydrogen-bond donors (Lipinski definition) is 1. The second-order valence-electron chi connectivity index (χ2n) is 11.9. The molecule has 5 rings (SSSR count). The molecule has 0 saturated carbocycles. The van der Waals surface area contributed by atoms with Gasteiger partial charge in [0.05, 0.1) is 22.3 Å². The molecule has 0 spiro atoms. The number of carbonyl (C=O) groups is 1. The molecule has 268 valence electrons. The van der Waals surface area contributed by atoms with Crippen LogP contribution in [0, 0.1) is 0 Å². The number of rotatable bonds is 6. The van der Waals surface area contributed by atoms with E-state index in [4.69, 9.17) is 0 Å². The molecular weight excluding hydrogens is 706 g/mol. The average Bonchev–Trinajstić information content (AvgIpc) is 3.39. The fourth-order valence-corrected chi connectivity index (χ4v) is 6.29. The van der Waals surface area contributed by atoms with Crippen LogP contribution in [0.5, 0.6) is 0 Å². The molecule has 1 amide bonds. The lowest BCUT2D eigenvalue weighted by Gasteiger charge is -2.45. The van der Waals surface area contributed by atoms with Crippen molar-refractivity contribution in [1.82, 2.24) is 15.1 Å². The van der Waals surface area contributed by atoms with Crippen LogP contribution in [-0.2, 0) is 55.4 Å². The van der Waals surface area contributed by atoms with Crippen LogP contribution in [0.25, 0.3) is 0 Å². The number of benzene rings is 3. The van der Waals surface area contributed by atoms with Crippen LogP contribution in [0.15, 0.2) is 60.7 Å². The second-order valence-corrected chi connectivity index (χ2v) is 11.9. The van der Waals surface area contributed by atoms with Crippen molar-refractivity contribution in [1.29, 1.82) is 0 Å². The maximum Gasteiger partial charge on any atom is 0.416 e. The Labute approximate surface area is 278 Å². The van der Waals surface area contributed by atoms with Crippen molar-refractivity contribution in [2.45, 2.75) is 56.2 Å². The number of piperazine rings is 1. The second kappa shape index (κ2) is 13.7. The lowest BCUT2D eigenvalue weighted by Crippen LogP contribution is -2.64. The van der Waals surface area contributed by atoms with Gasteiger partial charge in [-0.25, -0.2) is 0 Å². The summed E-state index contributed by atoms with van der Waals surface area (Å²) in [5, 5.41) is 2.52. The van der Waals surface area contributed by atoms with Gasteiger partial charge in [0, 0.05) is 52.1 Å². The van der Waals surface area contributed by atoms with Crippen molar-refractivity contribution in [3.63, 3.8) is 0 Å². The molecule has 1 aliphatic carbocycles. The smallest absolute Gasteiger partial charge is 0.350 e. The SMILES string of the molecule is Cl.O=C(NCc1cc(C(F)(F)F)cc(C(F)(F)F)c1)C1(N2CCN(Cc3cc(C(F)(F)F)cc(C(F)(F)F)c3)CC2)Cc2ccccc2C1. The number of nitrogens with one attached hydrogen (secondary N) is 1. The number of halogens is 13. The third-order valence-corrected chi connectivity index (χ3v) is 8.64. The van der Waals surface area contributed by atoms with Crippen LogP contribution in [0.1, 0.15) is 44.5 Å². The highest BCUT2D eigenvalue weighted by Crippen LogP contribution is 2.39. The molecule has 3 aromatic carbocycles. The first kappa shape index (κ1) is 38.3. The standard InChI is InChI=1S/C32H27F12N3O.ClH/c33-29(34,35)23-9-19(10-24(13-23)30(36,37)38)17-45-27(48)28(15-21-3-1-2-4-22(21)16-28)47-7-5-46(6-8-47)18-20-11-25(31(39,40)41)14-26(12-20)32(42,43)44;/h1-4,9-14H,5-8,15-18H2,(H,45,48);1H. The number of amides is 1. The maximum atomic E-state index is 13.9. The highest BCUT2D eigenvalue weighted by Gasteiger charge is 2.49. The molecule has 17 heteroatoms. The van der Waals surface area contributed by atoms with E-state index in [0.717, 1.165) is 11.1 Å². The zero-order chi connectivity index (χ0) is 35.3. The average molecular weight is 734 g/mol. The van der Waals surface area contributed by atoms with Crippen LogP contribution in [-0.4, -0.2) is 47.4 Å². The highest BCUT2D eigenvalue weighted by molar-refractivity contribution is 5.88. The Morgan fingerprint density at radius 3 is 1.39 bits per heavy atom. The minimum Gasteiger partial charge on any atom is -0.350 e. The van der Waals surface area contributed by atoms with Gasteiger partial charge in [-0.3, -0.25) is 14.6 Å². The lowest BCUT2D eigenvalue weighted by molar-refractivity contribution is -0.144. The highest BCUT2D eigenvalue weighted by atomic mass is 35.5. The number of hydrogen-bond acceptors (Lipinski definition) is 3. The van der Waals surface area contributed by atoms with Crippen LogP contribution in [0.3, 0.4) is 0 Å². The molecule has 1 aliphatic heterocycles. The van der Waals surface area contributed by atoms with Gasteiger partial charge in [-0.1, -0.05) is 24.3 Å². The lowest BCUT2D eigenvalue weighted by atomic mass is 9.90. The third kappa shape index (κ3) is 8.63. The summed E-state index contributed by atoms with van der Waals surface area (Å²) in [7, 11) is 0. The molecule has 0 radical (unpaired) electrons. The van der Waals surface area contributed by atoms with Crippen molar-refractivity contribution in [2.24, 2.45) is 0 Å². The van der Waals surface area contributed by atoms with E-state index in [1.165, 1.54) is 0 Å². The van der Waals surface area contributed by atoms with Crippen molar-refractivity contribution < 1.29 is 57.5 Å². The molecule has 0 atom stereocenters. The number of nitrogens with zero attached hydrogens (tertiary/aromatic N) is 2. The summed E-state index contributed by atoms with van der Waals surface area (Å²) in [6.07, 6.45) is -19.8. The number of fused-ring (bicyclic) bond motifs is 1. The van der Waals surface area contributed by atoms with E-state index < -0.39 is 70.5 Å². The Balaban J connectivity index is 0.00000541. The molecular formula is C32H28ClF12N3O. The molecule has 4 nitrogen and oxygen atoms in total. The summed E-state index contributed by atoms with van der Waals surface area (Å²) >= 11 is 0. The normalized spacial score (nSPS) is 17.4. The molecule has 0 bridgehead atoms. The van der Waals surface area contributed by atoms with Crippen LogP contribution < -0.4 is 5.32 Å². The van der Waals surface area contributed by atoms with Gasteiger partial charge in [0.15, 0.2) is 0 Å². The van der Waals surface area contributed by atoms with E-state index in [2.05, 4.69) is 5.32 Å². The summed E-state index contributed by atoms with van der Waals surface area (Å²) < 4.78 is 160. The van der Waals surface area contributed by atoms with E-state index in [1.807, 2.05) is 0 Å². The first-order chi connectivity index (χ1) is 22.1. The summed E-state index contributed by atoms with van der Waals surface area (Å²) in [5.41, 5.74) is -6.24. The molecule has 0 aromatic heterocycles. The zero-order valence-electron chi connectivity index (χ0n) is 25.2. The van der Waals surface area contributed by atoms with Gasteiger partial charge in [-0.2, -0.15) is 52.7 Å². The Morgan fingerprint density at radius 2 is 1.00 bits per heavy atom. The molecule has 0 unspecified atom stereocenters. The van der Waals surface area contributed by atoms with Gasteiger partial charge in [-0.15, -0.1) is 12.4 Å². The molecule has 49 heavy (non-hydrogen) atoms. The molecule has 3 aromatic rings. The Morgan fingerprint density at radius 1 is 0.612 bits per heavy atom. The first-order valence-corrected chi connectivity index (χ1v) is 14.5. The van der Waals surface area contributed by atoms with E-state index >= 15 is 0 Å². The Bertz CT molecular complexity index is 1570. The van der Waals surface area contributed by atoms with Gasteiger partial charge < -0.3 is 5.32 Å². The van der Waals surface area contributed by atoms with Gasteiger partial charge in [0.2, 0.25) is 5.91 Å². The van der Waals surface area contributed by atoms with Crippen molar-refractivity contribution >= 4 is 18.3 Å². The van der Waals surface area contributed by atoms with Crippen molar-refractivity contribution in [3.8, 4) is 0 Å². The van der Waals surface area contributed by atoms with E-state index in [1.54, 1.807) is 34.1 Å². The van der Waals surface area contributed by atoms with Gasteiger partial charge in [0.25, 0.3) is 0 Å². The van der Waals surface area contributed by atoms with Crippen molar-refractivity contribution in [3.05, 3.63) is 105 Å². The van der Waals surface area contributed by atoms with E-state index in [-0.39, 0.29) is 75.7 Å². The summed E-state index contributed by atoms with van der Waals surface area (Å²) in [6.45, 7) is -0.294. The van der Waals surface area contributed by atoms with Crippen molar-refractivity contribution in [2.75, 3.05) is 26.2 Å². The minimum absolute atomic E-state index is 0. The van der Waals surface area contributed by atoms with Gasteiger partial charge in [-0.05, 0) is 58.7 Å². The molecule has 2 aliphatic rings. The fraction of sp³-hybridized carbons (Fsp3) is 0.406. The van der Waals surface area contributed by atoms with E-state index in [0.29, 0.717) is 24.3 Å². The predicted octanol–water partition coefficient (Wildman–Crippen LogP) is 8.16. The molecule has 1 saturated heterocycles. The van der Waals surface area contributed by atoms with Gasteiger partial charge >= 0.3 is 24.7 Å². The Hall–Kier alpha value is -3.50. The minimum atomic E-state index is -5.07. The van der Waals surface area contributed by atoms with Crippen LogP contribution in [0.2, 0.25) is 0 Å². The fourth-order valence-electron chi connectivity index (χ4n) is 6.29. The third-order valence-electron chi connectivity index (χ3n) is 8.64. The zero-order valence-corrected chi connectivity index (χ0v) is 26.0. The quantitative estimate of drug-likeness (QED) is 0.260. The topological polar surface area (TPSA) is 35.6 Å².